The first kappa shape index (κ1) is 15.0. The van der Waals surface area contributed by atoms with Crippen molar-refractivity contribution in [3.8, 4) is 33.4 Å². The Hall–Kier alpha value is -5.66. The molecule has 0 atom stereocenters. The van der Waals surface area contributed by atoms with Gasteiger partial charge >= 0.3 is 0 Å². The fourth-order valence-electron chi connectivity index (χ4n) is 6.35. The van der Waals surface area contributed by atoms with Gasteiger partial charge in [0, 0.05) is 16.3 Å². The number of benzene rings is 8. The van der Waals surface area contributed by atoms with Gasteiger partial charge in [-0.15, -0.1) is 0 Å². The van der Waals surface area contributed by atoms with Crippen LogP contribution in [0.4, 0.5) is 0 Å². The molecule has 0 aliphatic heterocycles. The minimum Gasteiger partial charge on any atom is -0.456 e. The van der Waals surface area contributed by atoms with Crippen LogP contribution in [0.25, 0.3) is 87.6 Å². The average molecular weight is 559 g/mol. The van der Waals surface area contributed by atoms with Crippen LogP contribution < -0.4 is 0 Å². The zero-order valence-corrected chi connectivity index (χ0v) is 22.5. The number of fused-ring (bicyclic) bond motifs is 6. The third-order valence-corrected chi connectivity index (χ3v) is 8.06. The Balaban J connectivity index is 1.53. The maximum Gasteiger partial charge on any atom is 0.136 e. The second-order valence-electron chi connectivity index (χ2n) is 10.3. The Kier molecular flexibility index (Phi) is 3.29. The van der Waals surface area contributed by atoms with Crippen molar-refractivity contribution in [1.82, 2.24) is 0 Å². The first-order valence-corrected chi connectivity index (χ1v) is 13.8. The highest BCUT2D eigenvalue weighted by atomic mass is 16.3. The van der Waals surface area contributed by atoms with E-state index < -0.39 is 54.4 Å². The molecule has 0 aliphatic rings. The summed E-state index contributed by atoms with van der Waals surface area (Å²) in [4.78, 5) is 0. The zero-order chi connectivity index (χ0) is 38.8. The third kappa shape index (κ3) is 3.58. The summed E-state index contributed by atoms with van der Waals surface area (Å²) in [5.41, 5.74) is 3.08. The number of furan rings is 1. The summed E-state index contributed by atoms with van der Waals surface area (Å²) in [6, 6.07) is 20.1. The molecule has 0 radical (unpaired) electrons. The summed E-state index contributed by atoms with van der Waals surface area (Å²) in [5, 5.41) is 3.46. The van der Waals surface area contributed by atoms with Crippen LogP contribution in [0.2, 0.25) is 0 Å². The van der Waals surface area contributed by atoms with E-state index in [1.807, 2.05) is 60.7 Å². The molecule has 1 aromatic heterocycles. The van der Waals surface area contributed by atoms with Gasteiger partial charge in [-0.05, 0) is 78.3 Å². The molecule has 8 aromatic carbocycles. The van der Waals surface area contributed by atoms with Crippen molar-refractivity contribution in [3.05, 3.63) is 157 Å². The first-order chi connectivity index (χ1) is 26.3. The van der Waals surface area contributed by atoms with Crippen LogP contribution in [0.15, 0.2) is 162 Å². The predicted molar refractivity (Wildman–Crippen MR) is 183 cm³/mol. The molecule has 1 nitrogen and oxygen atoms in total. The summed E-state index contributed by atoms with van der Waals surface area (Å²) in [6.45, 7) is 0. The van der Waals surface area contributed by atoms with Crippen LogP contribution in [0.5, 0.6) is 0 Å². The SMILES string of the molecule is [2H]c1c([2H])c([2H])c(-c2c(-c3c4ccccc4c(-c4c([2H])c([2H])c([2H])c5c([2H])c([2H])c([2H])c([2H])c45)c4ccccc34)ccc3oc4ccccc4c23)c([2H])c1[2H]. The maximum atomic E-state index is 9.25. The lowest BCUT2D eigenvalue weighted by Crippen LogP contribution is -1.93. The second-order valence-corrected chi connectivity index (χ2v) is 10.3. The van der Waals surface area contributed by atoms with Gasteiger partial charge in [-0.1, -0.05) is 139 Å². The topological polar surface area (TPSA) is 13.1 Å². The third-order valence-electron chi connectivity index (χ3n) is 8.06. The minimum absolute atomic E-state index is 0.00397. The first-order valence-electron chi connectivity index (χ1n) is 19.8. The molecule has 9 rings (SSSR count). The van der Waals surface area contributed by atoms with Crippen LogP contribution >= 0.6 is 0 Å². The summed E-state index contributed by atoms with van der Waals surface area (Å²) in [7, 11) is 0. The normalized spacial score (nSPS) is 15.6. The van der Waals surface area contributed by atoms with Gasteiger partial charge in [0.05, 0.1) is 16.4 Å². The Morgan fingerprint density at radius 3 is 1.70 bits per heavy atom. The van der Waals surface area contributed by atoms with E-state index >= 15 is 0 Å². The summed E-state index contributed by atoms with van der Waals surface area (Å²) in [6.07, 6.45) is 0. The quantitative estimate of drug-likeness (QED) is 0.197. The molecular weight excluding hydrogens is 520 g/mol. The van der Waals surface area contributed by atoms with E-state index in [9.17, 15) is 1.37 Å². The van der Waals surface area contributed by atoms with Crippen LogP contribution in [-0.4, -0.2) is 0 Å². The van der Waals surface area contributed by atoms with Crippen LogP contribution in [0, 0.1) is 0 Å². The van der Waals surface area contributed by atoms with E-state index in [0.29, 0.717) is 65.7 Å². The minimum atomic E-state index is -0.540. The van der Waals surface area contributed by atoms with Crippen molar-refractivity contribution in [2.75, 3.05) is 0 Å². The molecule has 1 heterocycles. The molecule has 1 heteroatoms. The molecule has 0 N–H and O–H groups in total. The number of para-hydroxylation sites is 1. The summed E-state index contributed by atoms with van der Waals surface area (Å²) in [5.74, 6) is 0. The van der Waals surface area contributed by atoms with Gasteiger partial charge in [-0.2, -0.15) is 0 Å². The fraction of sp³-hybridized carbons (Fsp3) is 0. The summed E-state index contributed by atoms with van der Waals surface area (Å²) >= 11 is 0. The van der Waals surface area contributed by atoms with Crippen LogP contribution in [0.1, 0.15) is 16.4 Å². The van der Waals surface area contributed by atoms with Crippen molar-refractivity contribution in [3.63, 3.8) is 0 Å². The van der Waals surface area contributed by atoms with Crippen molar-refractivity contribution < 1.29 is 20.9 Å². The molecule has 9 aromatic rings. The Bertz CT molecular complexity index is 3090. The Morgan fingerprint density at radius 1 is 0.395 bits per heavy atom. The van der Waals surface area contributed by atoms with E-state index in [0.717, 1.165) is 0 Å². The van der Waals surface area contributed by atoms with Crippen molar-refractivity contribution >= 4 is 54.3 Å². The van der Waals surface area contributed by atoms with Crippen LogP contribution in [-0.2, 0) is 0 Å². The molecule has 0 saturated heterocycles. The fourth-order valence-corrected chi connectivity index (χ4v) is 6.35. The monoisotopic (exact) mass is 558 g/mol. The van der Waals surface area contributed by atoms with E-state index in [1.54, 1.807) is 24.3 Å². The molecule has 0 bridgehead atoms. The predicted octanol–water partition coefficient (Wildman–Crippen LogP) is 12.0. The largest absolute Gasteiger partial charge is 0.456 e. The highest BCUT2D eigenvalue weighted by molar-refractivity contribution is 6.26. The van der Waals surface area contributed by atoms with Gasteiger partial charge in [0.15, 0.2) is 0 Å². The lowest BCUT2D eigenvalue weighted by Gasteiger charge is -2.21. The van der Waals surface area contributed by atoms with Gasteiger partial charge in [-0.25, -0.2) is 0 Å². The molecule has 0 spiro atoms. The van der Waals surface area contributed by atoms with Gasteiger partial charge in [0.1, 0.15) is 11.2 Å². The number of rotatable bonds is 3. The van der Waals surface area contributed by atoms with Crippen molar-refractivity contribution in [1.29, 1.82) is 0 Å². The standard InChI is InChI=1S/C42H26O/c1-2-14-28(15-3-1)39-36(25-26-38-42(39)35-22-10-11-24-37(35)43-38)41-33-20-8-6-18-31(33)40(32-19-7-9-21-34(32)41)30-23-12-16-27-13-4-5-17-29(27)30/h1-26H/i1D,2D,3D,4D,5D,12D,13D,14D,15D,16D,17D,23D. The second kappa shape index (κ2) is 9.44. The molecule has 0 unspecified atom stereocenters. The van der Waals surface area contributed by atoms with Crippen molar-refractivity contribution in [2.24, 2.45) is 0 Å². The average Bonchev–Trinajstić information content (AvgIpc) is 3.58. The van der Waals surface area contributed by atoms with E-state index in [4.69, 9.17) is 19.5 Å². The van der Waals surface area contributed by atoms with Gasteiger partial charge in [0.2, 0.25) is 0 Å². The van der Waals surface area contributed by atoms with Gasteiger partial charge in [-0.3, -0.25) is 0 Å². The maximum absolute atomic E-state index is 9.25. The molecule has 43 heavy (non-hydrogen) atoms. The molecule has 0 saturated carbocycles. The molecular formula is C42H26O. The van der Waals surface area contributed by atoms with E-state index in [1.165, 1.54) is 0 Å². The Morgan fingerprint density at radius 2 is 0.977 bits per heavy atom. The molecule has 0 aliphatic carbocycles. The van der Waals surface area contributed by atoms with Crippen molar-refractivity contribution in [2.45, 2.75) is 0 Å². The molecule has 0 fully saturated rings. The number of hydrogen-bond acceptors (Lipinski definition) is 1. The lowest BCUT2D eigenvalue weighted by molar-refractivity contribution is 0.669. The highest BCUT2D eigenvalue weighted by Crippen LogP contribution is 2.49. The molecule has 200 valence electrons. The van der Waals surface area contributed by atoms with E-state index in [2.05, 4.69) is 0 Å². The van der Waals surface area contributed by atoms with Gasteiger partial charge in [0.25, 0.3) is 0 Å². The zero-order valence-electron chi connectivity index (χ0n) is 34.5. The number of hydrogen-bond donors (Lipinski definition) is 0. The summed E-state index contributed by atoms with van der Waals surface area (Å²) < 4.78 is 112. The Labute approximate surface area is 266 Å². The highest BCUT2D eigenvalue weighted by Gasteiger charge is 2.22. The van der Waals surface area contributed by atoms with E-state index in [-0.39, 0.29) is 40.0 Å². The van der Waals surface area contributed by atoms with Crippen LogP contribution in [0.3, 0.4) is 0 Å². The molecule has 0 amide bonds. The smallest absolute Gasteiger partial charge is 0.136 e. The van der Waals surface area contributed by atoms with Gasteiger partial charge < -0.3 is 4.42 Å². The lowest BCUT2D eigenvalue weighted by atomic mass is 9.82.